The lowest BCUT2D eigenvalue weighted by molar-refractivity contribution is -0.384. The predicted octanol–water partition coefficient (Wildman–Crippen LogP) is 10.3. The summed E-state index contributed by atoms with van der Waals surface area (Å²) >= 11 is 0. The third-order valence-electron chi connectivity index (χ3n) is 12.5. The first-order valence-corrected chi connectivity index (χ1v) is 22.3. The van der Waals surface area contributed by atoms with Crippen LogP contribution in [-0.4, -0.2) is 76.6 Å². The normalized spacial score (nSPS) is 22.8. The second-order valence-corrected chi connectivity index (χ2v) is 16.7. The minimum Gasteiger partial charge on any atom is -0.459 e. The molecule has 3 aliphatic rings. The maximum Gasteiger partial charge on any atom is 0.410 e. The summed E-state index contributed by atoms with van der Waals surface area (Å²) in [6, 6.07) is 17.3. The molecule has 1 fully saturated rings. The largest absolute Gasteiger partial charge is 0.459 e. The number of fused-ring (bicyclic) bond motifs is 2. The molecule has 3 aromatic carbocycles. The first-order valence-electron chi connectivity index (χ1n) is 22.3. The maximum absolute atomic E-state index is 14.3. The molecule has 0 spiro atoms. The molecular formula is C50H63N3O10. The van der Waals surface area contributed by atoms with Gasteiger partial charge in [0.2, 0.25) is 5.79 Å². The highest BCUT2D eigenvalue weighted by Crippen LogP contribution is 2.62. The van der Waals surface area contributed by atoms with Gasteiger partial charge in [0, 0.05) is 49.8 Å². The van der Waals surface area contributed by atoms with Crippen LogP contribution in [-0.2, 0) is 20.9 Å². The smallest absolute Gasteiger partial charge is 0.410 e. The van der Waals surface area contributed by atoms with Crippen LogP contribution in [0.5, 0.6) is 17.2 Å². The van der Waals surface area contributed by atoms with Crippen LogP contribution in [0, 0.1) is 41.7 Å². The number of amides is 1. The molecule has 338 valence electrons. The van der Waals surface area contributed by atoms with Gasteiger partial charge >= 0.3 is 6.09 Å². The van der Waals surface area contributed by atoms with Gasteiger partial charge in [-0.1, -0.05) is 49.2 Å². The van der Waals surface area contributed by atoms with Gasteiger partial charge < -0.3 is 34.0 Å². The van der Waals surface area contributed by atoms with Gasteiger partial charge in [0.25, 0.3) is 5.69 Å². The molecule has 0 aromatic heterocycles. The number of ether oxygens (including phenoxy) is 4. The van der Waals surface area contributed by atoms with Gasteiger partial charge in [-0.2, -0.15) is 0 Å². The maximum atomic E-state index is 14.3. The van der Waals surface area contributed by atoms with E-state index in [0.29, 0.717) is 60.8 Å². The van der Waals surface area contributed by atoms with Gasteiger partial charge in [0.15, 0.2) is 0 Å². The molecule has 1 saturated carbocycles. The molecule has 63 heavy (non-hydrogen) atoms. The molecule has 13 nitrogen and oxygen atoms in total. The molecule has 0 bridgehead atoms. The van der Waals surface area contributed by atoms with Crippen LogP contribution >= 0.6 is 0 Å². The molecule has 6 atom stereocenters. The number of hydrogen-bond donors (Lipinski definition) is 2. The molecule has 3 aromatic rings. The Labute approximate surface area is 371 Å². The number of hydrogen-bond acceptors (Lipinski definition) is 11. The number of unbranched alkanes of at least 4 members (excludes halogenated alkanes) is 2. The summed E-state index contributed by atoms with van der Waals surface area (Å²) in [5, 5.41) is 36.1. The third kappa shape index (κ3) is 10.8. The minimum absolute atomic E-state index is 0.0219. The number of non-ortho nitro benzene ring substituents is 1. The number of aliphatic hydroxyl groups is 2. The zero-order valence-electron chi connectivity index (χ0n) is 36.9. The highest BCUT2D eigenvalue weighted by Gasteiger charge is 2.65. The number of aliphatic hydroxyl groups excluding tert-OH is 2. The van der Waals surface area contributed by atoms with Gasteiger partial charge in [0.05, 0.1) is 29.8 Å². The number of nitro benzene ring substituents is 1. The molecule has 1 heterocycles. The van der Waals surface area contributed by atoms with E-state index in [9.17, 15) is 25.1 Å². The van der Waals surface area contributed by atoms with E-state index in [4.69, 9.17) is 28.9 Å². The number of carbonyl (C=O) groups is 1. The van der Waals surface area contributed by atoms with Crippen LogP contribution in [0.15, 0.2) is 103 Å². The number of nitro groups is 1. The van der Waals surface area contributed by atoms with E-state index in [2.05, 4.69) is 39.1 Å². The van der Waals surface area contributed by atoms with Gasteiger partial charge in [-0.05, 0) is 129 Å². The fraction of sp³-hybridized carbons (Fsp3) is 0.480. The van der Waals surface area contributed by atoms with Gasteiger partial charge in [-0.25, -0.2) is 4.79 Å². The number of allylic oxidation sites excluding steroid dienone is 1. The van der Waals surface area contributed by atoms with Gasteiger partial charge in [-0.3, -0.25) is 15.0 Å². The second-order valence-electron chi connectivity index (χ2n) is 16.7. The van der Waals surface area contributed by atoms with Crippen molar-refractivity contribution in [2.24, 2.45) is 22.9 Å². The number of aryl methyl sites for hydroxylation is 2. The molecule has 13 heteroatoms. The summed E-state index contributed by atoms with van der Waals surface area (Å²) in [4.78, 5) is 33.1. The second kappa shape index (κ2) is 22.2. The summed E-state index contributed by atoms with van der Waals surface area (Å²) in [6.07, 6.45) is 10.9. The molecule has 1 aliphatic heterocycles. The van der Waals surface area contributed by atoms with Crippen molar-refractivity contribution < 1.29 is 43.7 Å². The molecule has 2 N–H and O–H groups in total. The zero-order valence-corrected chi connectivity index (χ0v) is 36.9. The molecular weight excluding hydrogens is 803 g/mol. The number of benzene rings is 3. The fourth-order valence-corrected chi connectivity index (χ4v) is 9.45. The van der Waals surface area contributed by atoms with Crippen molar-refractivity contribution in [3.05, 3.63) is 130 Å². The first-order chi connectivity index (χ1) is 30.6. The lowest BCUT2D eigenvalue weighted by Crippen LogP contribution is -2.70. The fourth-order valence-electron chi connectivity index (χ4n) is 9.45. The Hall–Kier alpha value is -5.50. The molecule has 2 aliphatic carbocycles. The van der Waals surface area contributed by atoms with E-state index in [0.717, 1.165) is 42.4 Å². The van der Waals surface area contributed by atoms with Crippen LogP contribution in [0.4, 0.5) is 10.5 Å². The van der Waals surface area contributed by atoms with Crippen molar-refractivity contribution >= 4 is 17.5 Å². The average molecular weight is 866 g/mol. The van der Waals surface area contributed by atoms with Crippen LogP contribution in [0.1, 0.15) is 92.9 Å². The lowest BCUT2D eigenvalue weighted by Gasteiger charge is -2.59. The number of oxime groups is 1. The van der Waals surface area contributed by atoms with Crippen molar-refractivity contribution in [3.63, 3.8) is 0 Å². The van der Waals surface area contributed by atoms with E-state index in [1.807, 2.05) is 37.3 Å². The van der Waals surface area contributed by atoms with E-state index in [-0.39, 0.29) is 62.9 Å². The molecule has 0 saturated heterocycles. The number of nitrogens with zero attached hydrogens (tertiary/aromatic N) is 3. The van der Waals surface area contributed by atoms with Crippen molar-refractivity contribution in [1.82, 2.24) is 4.90 Å². The molecule has 0 radical (unpaired) electrons. The first kappa shape index (κ1) is 47.0. The topological polar surface area (TPSA) is 162 Å². The zero-order chi connectivity index (χ0) is 44.9. The summed E-state index contributed by atoms with van der Waals surface area (Å²) in [7, 11) is 0. The Kier molecular flexibility index (Phi) is 16.6. The van der Waals surface area contributed by atoms with Crippen LogP contribution < -0.4 is 9.47 Å². The Balaban J connectivity index is 1.56. The quantitative estimate of drug-likeness (QED) is 0.0406. The number of rotatable bonds is 23. The van der Waals surface area contributed by atoms with Crippen molar-refractivity contribution in [1.29, 1.82) is 0 Å². The monoisotopic (exact) mass is 865 g/mol. The molecule has 0 unspecified atom stereocenters. The van der Waals surface area contributed by atoms with Gasteiger partial charge in [0.1, 0.15) is 29.9 Å². The van der Waals surface area contributed by atoms with E-state index < -0.39 is 28.8 Å². The van der Waals surface area contributed by atoms with Gasteiger partial charge in [-0.15, -0.1) is 13.2 Å². The molecule has 1 amide bonds. The Bertz CT molecular complexity index is 2120. The Morgan fingerprint density at radius 3 is 2.40 bits per heavy atom. The SMILES string of the molecule is C=CCCOC(=O)N(CCC)[C@H]1CC(=NOCc2ccc([N+](=O)[O-])cc2)C2=C[C@H](CCCCO)[C@@H](CCCCO)[C@@H]3c4cc(Oc5ccc(C)c(C)c5)ccc4O[C@@]1(OCC=C)[C@H]23. The Morgan fingerprint density at radius 1 is 0.984 bits per heavy atom. The summed E-state index contributed by atoms with van der Waals surface area (Å²) in [6.45, 7) is 14.8. The standard InChI is InChI=1S/C50H63N3O10/c1-6-9-28-59-49(56)52(24-7-2)46-32-44(51-61-33-36-17-19-38(20-18-36)53(57)58)42-30-37(14-10-12-25-54)41(15-11-13-26-55)47-43-31-40(62-39-21-16-34(4)35(5)29-39)22-23-45(43)63-50(46,48(42)47)60-27-8-3/h6,8,16-23,29-31,37,41,46-48,54-55H,1,3,7,9-15,24-28,32-33H2,2,4-5H3/t37-,41+,46-,47+,48+,50+/m0/s1. The number of carbonyl (C=O) groups excluding carboxylic acids is 1. The average Bonchev–Trinajstić information content (AvgIpc) is 3.28. The highest BCUT2D eigenvalue weighted by atomic mass is 16.7. The minimum atomic E-state index is -1.44. The van der Waals surface area contributed by atoms with Crippen LogP contribution in [0.2, 0.25) is 0 Å². The summed E-state index contributed by atoms with van der Waals surface area (Å²) < 4.78 is 26.8. The van der Waals surface area contributed by atoms with Crippen molar-refractivity contribution in [3.8, 4) is 17.2 Å². The molecule has 6 rings (SSSR count). The third-order valence-corrected chi connectivity index (χ3v) is 12.5. The van der Waals surface area contributed by atoms with Crippen molar-refractivity contribution in [2.45, 2.75) is 103 Å². The lowest BCUT2D eigenvalue weighted by atomic mass is 9.55. The van der Waals surface area contributed by atoms with E-state index in [1.165, 1.54) is 17.7 Å². The Morgan fingerprint density at radius 2 is 1.71 bits per heavy atom. The van der Waals surface area contributed by atoms with E-state index in [1.54, 1.807) is 29.2 Å². The van der Waals surface area contributed by atoms with Crippen LogP contribution in [0.25, 0.3) is 0 Å². The highest BCUT2D eigenvalue weighted by molar-refractivity contribution is 6.03. The van der Waals surface area contributed by atoms with Crippen LogP contribution in [0.3, 0.4) is 0 Å². The van der Waals surface area contributed by atoms with Crippen molar-refractivity contribution in [2.75, 3.05) is 33.0 Å². The summed E-state index contributed by atoms with van der Waals surface area (Å²) in [5.41, 5.74) is 5.42. The predicted molar refractivity (Wildman–Crippen MR) is 242 cm³/mol. The van der Waals surface area contributed by atoms with E-state index >= 15 is 0 Å². The summed E-state index contributed by atoms with van der Waals surface area (Å²) in [5.74, 6) is -0.171.